The van der Waals surface area contributed by atoms with E-state index in [1.54, 1.807) is 42.5 Å². The number of benzene rings is 2. The Hall–Kier alpha value is -2.86. The highest BCUT2D eigenvalue weighted by Crippen LogP contribution is 2.12. The number of halogens is 1. The lowest BCUT2D eigenvalue weighted by Crippen LogP contribution is -2.47. The van der Waals surface area contributed by atoms with Crippen molar-refractivity contribution in [2.45, 2.75) is 39.8 Å². The van der Waals surface area contributed by atoms with Crippen molar-refractivity contribution in [3.63, 3.8) is 0 Å². The van der Waals surface area contributed by atoms with Crippen molar-refractivity contribution in [2.24, 2.45) is 5.92 Å². The minimum atomic E-state index is -0.667. The average Bonchev–Trinajstić information content (AvgIpc) is 2.72. The largest absolute Gasteiger partial charge is 0.352 e. The first-order valence-electron chi connectivity index (χ1n) is 10.0. The molecule has 0 aliphatic carbocycles. The summed E-state index contributed by atoms with van der Waals surface area (Å²) >= 11 is 5.87. The van der Waals surface area contributed by atoms with E-state index in [2.05, 4.69) is 16.0 Å². The number of carbonyl (C=O) groups is 3. The highest BCUT2D eigenvalue weighted by atomic mass is 35.5. The summed E-state index contributed by atoms with van der Waals surface area (Å²) in [6.07, 6.45) is 0.504. The van der Waals surface area contributed by atoms with Crippen molar-refractivity contribution in [1.29, 1.82) is 0 Å². The third kappa shape index (κ3) is 7.19. The Bertz CT molecular complexity index is 882. The van der Waals surface area contributed by atoms with Gasteiger partial charge in [0, 0.05) is 29.2 Å². The van der Waals surface area contributed by atoms with Crippen LogP contribution in [0.25, 0.3) is 0 Å². The quantitative estimate of drug-likeness (QED) is 0.569. The van der Waals surface area contributed by atoms with Crippen LogP contribution in [0.15, 0.2) is 48.5 Å². The Kier molecular flexibility index (Phi) is 8.87. The Morgan fingerprint density at radius 2 is 1.63 bits per heavy atom. The minimum Gasteiger partial charge on any atom is -0.352 e. The summed E-state index contributed by atoms with van der Waals surface area (Å²) in [6.45, 7) is 6.64. The van der Waals surface area contributed by atoms with Gasteiger partial charge in [-0.25, -0.2) is 0 Å². The maximum Gasteiger partial charge on any atom is 0.251 e. The second-order valence-electron chi connectivity index (χ2n) is 7.44. The lowest BCUT2D eigenvalue weighted by molar-refractivity contribution is -0.123. The summed E-state index contributed by atoms with van der Waals surface area (Å²) in [5, 5.41) is 8.96. The second kappa shape index (κ2) is 11.4. The molecule has 30 heavy (non-hydrogen) atoms. The van der Waals surface area contributed by atoms with Crippen LogP contribution in [-0.4, -0.2) is 30.3 Å². The number of amides is 3. The van der Waals surface area contributed by atoms with Gasteiger partial charge in [-0.15, -0.1) is 0 Å². The fraction of sp³-hybridized carbons (Fsp3) is 0.348. The highest BCUT2D eigenvalue weighted by molar-refractivity contribution is 6.30. The van der Waals surface area contributed by atoms with E-state index in [1.807, 2.05) is 26.8 Å². The van der Waals surface area contributed by atoms with Gasteiger partial charge in [-0.3, -0.25) is 14.4 Å². The molecule has 0 fully saturated rings. The molecule has 0 heterocycles. The van der Waals surface area contributed by atoms with Crippen LogP contribution in [0.3, 0.4) is 0 Å². The van der Waals surface area contributed by atoms with Crippen LogP contribution in [0.2, 0.25) is 5.02 Å². The average molecular weight is 430 g/mol. The molecule has 160 valence electrons. The van der Waals surface area contributed by atoms with Gasteiger partial charge >= 0.3 is 0 Å². The van der Waals surface area contributed by atoms with Gasteiger partial charge in [0.05, 0.1) is 0 Å². The minimum absolute atomic E-state index is 0.154. The molecule has 0 bridgehead atoms. The highest BCUT2D eigenvalue weighted by Gasteiger charge is 2.22. The molecule has 0 aromatic heterocycles. The fourth-order valence-electron chi connectivity index (χ4n) is 2.94. The molecule has 1 atom stereocenters. The number of nitrogens with one attached hydrogen (secondary N) is 3. The molecule has 2 aromatic carbocycles. The van der Waals surface area contributed by atoms with Crippen molar-refractivity contribution in [1.82, 2.24) is 16.0 Å². The van der Waals surface area contributed by atoms with Crippen molar-refractivity contribution >= 4 is 29.3 Å². The van der Waals surface area contributed by atoms with Gasteiger partial charge in [-0.2, -0.15) is 0 Å². The number of carbonyl (C=O) groups excluding carboxylic acids is 3. The number of hydrogen-bond donors (Lipinski definition) is 3. The summed E-state index contributed by atoms with van der Waals surface area (Å²) in [5.74, 6) is -0.536. The standard InChI is InChI=1S/C23H28ClN3O3/c1-4-25-21(28)18-7-5-6-16(13-18)14-26-23(30)20(12-15(2)3)27-22(29)17-8-10-19(24)11-9-17/h5-11,13,15,20H,4,12,14H2,1-3H3,(H,25,28)(H,26,30)(H,27,29). The monoisotopic (exact) mass is 429 g/mol. The predicted octanol–water partition coefficient (Wildman–Crippen LogP) is 3.55. The molecule has 0 spiro atoms. The topological polar surface area (TPSA) is 87.3 Å². The van der Waals surface area contributed by atoms with Gasteiger partial charge in [0.1, 0.15) is 6.04 Å². The Morgan fingerprint density at radius 3 is 2.27 bits per heavy atom. The lowest BCUT2D eigenvalue weighted by Gasteiger charge is -2.20. The maximum absolute atomic E-state index is 12.8. The van der Waals surface area contributed by atoms with Crippen LogP contribution in [0.1, 0.15) is 53.5 Å². The van der Waals surface area contributed by atoms with E-state index in [1.165, 1.54) is 0 Å². The molecular formula is C23H28ClN3O3. The van der Waals surface area contributed by atoms with Crippen LogP contribution in [-0.2, 0) is 11.3 Å². The van der Waals surface area contributed by atoms with Gasteiger partial charge in [-0.05, 0) is 61.2 Å². The number of hydrogen-bond acceptors (Lipinski definition) is 3. The molecule has 0 radical (unpaired) electrons. The zero-order valence-electron chi connectivity index (χ0n) is 17.5. The van der Waals surface area contributed by atoms with Crippen molar-refractivity contribution in [3.05, 3.63) is 70.2 Å². The molecule has 1 unspecified atom stereocenters. The third-order valence-corrected chi connectivity index (χ3v) is 4.68. The first kappa shape index (κ1) is 23.4. The first-order valence-corrected chi connectivity index (χ1v) is 10.4. The van der Waals surface area contributed by atoms with E-state index in [0.717, 1.165) is 5.56 Å². The zero-order chi connectivity index (χ0) is 22.1. The SMILES string of the molecule is CCNC(=O)c1cccc(CNC(=O)C(CC(C)C)NC(=O)c2ccc(Cl)cc2)c1. The van der Waals surface area contributed by atoms with Gasteiger partial charge < -0.3 is 16.0 Å². The normalized spacial score (nSPS) is 11.6. The van der Waals surface area contributed by atoms with E-state index in [-0.39, 0.29) is 30.2 Å². The van der Waals surface area contributed by atoms with Crippen molar-refractivity contribution in [3.8, 4) is 0 Å². The lowest BCUT2D eigenvalue weighted by atomic mass is 10.0. The van der Waals surface area contributed by atoms with Crippen LogP contribution < -0.4 is 16.0 Å². The molecule has 0 saturated heterocycles. The van der Waals surface area contributed by atoms with E-state index < -0.39 is 6.04 Å². The first-order chi connectivity index (χ1) is 14.3. The van der Waals surface area contributed by atoms with Gasteiger partial charge in [0.2, 0.25) is 5.91 Å². The van der Waals surface area contributed by atoms with Crippen LogP contribution in [0, 0.1) is 5.92 Å². The summed E-state index contributed by atoms with van der Waals surface area (Å²) in [4.78, 5) is 37.3. The van der Waals surface area contributed by atoms with Crippen LogP contribution >= 0.6 is 11.6 Å². The zero-order valence-corrected chi connectivity index (χ0v) is 18.3. The van der Waals surface area contributed by atoms with E-state index >= 15 is 0 Å². The molecular weight excluding hydrogens is 402 g/mol. The van der Waals surface area contributed by atoms with E-state index in [0.29, 0.717) is 29.1 Å². The van der Waals surface area contributed by atoms with Crippen molar-refractivity contribution < 1.29 is 14.4 Å². The summed E-state index contributed by atoms with van der Waals surface area (Å²) in [7, 11) is 0. The molecule has 3 amide bonds. The predicted molar refractivity (Wildman–Crippen MR) is 118 cm³/mol. The van der Waals surface area contributed by atoms with Gasteiger partial charge in [-0.1, -0.05) is 37.6 Å². The van der Waals surface area contributed by atoms with Gasteiger partial charge in [0.25, 0.3) is 11.8 Å². The molecule has 6 nitrogen and oxygen atoms in total. The van der Waals surface area contributed by atoms with Crippen LogP contribution in [0.5, 0.6) is 0 Å². The Labute approximate surface area is 182 Å². The summed E-state index contributed by atoms with van der Waals surface area (Å²) < 4.78 is 0. The summed E-state index contributed by atoms with van der Waals surface area (Å²) in [5.41, 5.74) is 1.79. The second-order valence-corrected chi connectivity index (χ2v) is 7.88. The molecule has 2 aromatic rings. The molecule has 7 heteroatoms. The van der Waals surface area contributed by atoms with Crippen LogP contribution in [0.4, 0.5) is 0 Å². The van der Waals surface area contributed by atoms with Crippen molar-refractivity contribution in [2.75, 3.05) is 6.54 Å². The molecule has 3 N–H and O–H groups in total. The maximum atomic E-state index is 12.8. The molecule has 0 saturated carbocycles. The Balaban J connectivity index is 2.03. The Morgan fingerprint density at radius 1 is 0.933 bits per heavy atom. The van der Waals surface area contributed by atoms with E-state index in [9.17, 15) is 14.4 Å². The number of rotatable bonds is 9. The third-order valence-electron chi connectivity index (χ3n) is 4.43. The smallest absolute Gasteiger partial charge is 0.251 e. The molecule has 0 aliphatic heterocycles. The molecule has 2 rings (SSSR count). The molecule has 0 aliphatic rings. The van der Waals surface area contributed by atoms with Gasteiger partial charge in [0.15, 0.2) is 0 Å². The van der Waals surface area contributed by atoms with E-state index in [4.69, 9.17) is 11.6 Å². The fourth-order valence-corrected chi connectivity index (χ4v) is 3.07. The summed E-state index contributed by atoms with van der Waals surface area (Å²) in [6, 6.07) is 12.9.